The largest absolute Gasteiger partial charge is 0.490 e. The molecule has 0 saturated carbocycles. The highest BCUT2D eigenvalue weighted by molar-refractivity contribution is 7.15. The van der Waals surface area contributed by atoms with E-state index in [1.165, 1.54) is 11.3 Å². The van der Waals surface area contributed by atoms with Gasteiger partial charge in [-0.2, -0.15) is 0 Å². The molecule has 0 fully saturated rings. The van der Waals surface area contributed by atoms with Gasteiger partial charge in [-0.15, -0.1) is 10.2 Å². The Hall–Kier alpha value is -2.35. The van der Waals surface area contributed by atoms with Crippen LogP contribution in [0.3, 0.4) is 0 Å². The summed E-state index contributed by atoms with van der Waals surface area (Å²) in [6.07, 6.45) is 0. The van der Waals surface area contributed by atoms with Crippen molar-refractivity contribution in [1.29, 1.82) is 0 Å². The van der Waals surface area contributed by atoms with E-state index in [0.29, 0.717) is 24.0 Å². The van der Waals surface area contributed by atoms with Crippen molar-refractivity contribution < 1.29 is 9.53 Å². The van der Waals surface area contributed by atoms with E-state index in [4.69, 9.17) is 10.5 Å². The van der Waals surface area contributed by atoms with Gasteiger partial charge in [0.1, 0.15) is 17.4 Å². The van der Waals surface area contributed by atoms with E-state index in [0.717, 1.165) is 16.4 Å². The monoisotopic (exact) mass is 305 g/mol. The van der Waals surface area contributed by atoms with E-state index >= 15 is 0 Å². The molecule has 0 spiro atoms. The summed E-state index contributed by atoms with van der Waals surface area (Å²) < 4.78 is 5.56. The molecule has 3 rings (SSSR count). The lowest BCUT2D eigenvalue weighted by atomic mass is 10.2. The van der Waals surface area contributed by atoms with Crippen LogP contribution in [-0.2, 0) is 4.79 Å². The Kier molecular flexibility index (Phi) is 3.61. The van der Waals surface area contributed by atoms with Gasteiger partial charge in [0.2, 0.25) is 11.0 Å². The number of hydrogen-bond donors (Lipinski definition) is 2. The van der Waals surface area contributed by atoms with Crippen molar-refractivity contribution in [1.82, 2.24) is 10.2 Å². The molecule has 1 aliphatic heterocycles. The number of carbonyl (C=O) groups excluding carboxylic acids is 1. The second-order valence-corrected chi connectivity index (χ2v) is 5.85. The van der Waals surface area contributed by atoms with Crippen molar-refractivity contribution in [3.8, 4) is 5.75 Å². The molecule has 110 valence electrons. The van der Waals surface area contributed by atoms with E-state index < -0.39 is 0 Å². The van der Waals surface area contributed by atoms with Gasteiger partial charge >= 0.3 is 0 Å². The number of nitrogens with zero attached hydrogens (tertiary/aromatic N) is 3. The van der Waals surface area contributed by atoms with Crippen molar-refractivity contribution in [3.05, 3.63) is 23.2 Å². The standard InChI is InChI=1S/C13H15N5O2S/c1-8-16-17-13(21-8)15-12(19)7-18-4-5-20-11-3-2-9(14)6-10(11)18/h2-3,6H,4-5,7,14H2,1H3,(H,15,17,19). The number of aryl methyl sites for hydroxylation is 1. The molecule has 2 aromatic rings. The Morgan fingerprint density at radius 3 is 3.14 bits per heavy atom. The number of hydrogen-bond acceptors (Lipinski definition) is 7. The van der Waals surface area contributed by atoms with E-state index in [1.54, 1.807) is 6.07 Å². The SMILES string of the molecule is Cc1nnc(NC(=O)CN2CCOc3ccc(N)cc32)s1. The summed E-state index contributed by atoms with van der Waals surface area (Å²) in [5.41, 5.74) is 7.28. The summed E-state index contributed by atoms with van der Waals surface area (Å²) in [6, 6.07) is 5.42. The minimum Gasteiger partial charge on any atom is -0.490 e. The van der Waals surface area contributed by atoms with Crippen LogP contribution in [0.1, 0.15) is 5.01 Å². The number of fused-ring (bicyclic) bond motifs is 1. The number of amides is 1. The highest BCUT2D eigenvalue weighted by Crippen LogP contribution is 2.33. The van der Waals surface area contributed by atoms with Crippen LogP contribution in [-0.4, -0.2) is 35.8 Å². The average Bonchev–Trinajstić information content (AvgIpc) is 2.84. The summed E-state index contributed by atoms with van der Waals surface area (Å²) >= 11 is 1.35. The molecular formula is C13H15N5O2S. The maximum atomic E-state index is 12.1. The lowest BCUT2D eigenvalue weighted by molar-refractivity contribution is -0.115. The first kappa shape index (κ1) is 13.6. The molecular weight excluding hydrogens is 290 g/mol. The summed E-state index contributed by atoms with van der Waals surface area (Å²) in [7, 11) is 0. The molecule has 2 heterocycles. The van der Waals surface area contributed by atoms with E-state index in [1.807, 2.05) is 24.0 Å². The van der Waals surface area contributed by atoms with Gasteiger partial charge in [-0.3, -0.25) is 10.1 Å². The zero-order chi connectivity index (χ0) is 14.8. The van der Waals surface area contributed by atoms with Gasteiger partial charge < -0.3 is 15.4 Å². The van der Waals surface area contributed by atoms with Crippen LogP contribution in [0.5, 0.6) is 5.75 Å². The van der Waals surface area contributed by atoms with Crippen LogP contribution in [0, 0.1) is 6.92 Å². The van der Waals surface area contributed by atoms with Gasteiger partial charge in [0.15, 0.2) is 0 Å². The first-order valence-corrected chi connectivity index (χ1v) is 7.31. The predicted octanol–water partition coefficient (Wildman–Crippen LogP) is 1.27. The minimum absolute atomic E-state index is 0.138. The number of nitrogens with one attached hydrogen (secondary N) is 1. The highest BCUT2D eigenvalue weighted by Gasteiger charge is 2.21. The Labute approximate surface area is 125 Å². The summed E-state index contributed by atoms with van der Waals surface area (Å²) in [5.74, 6) is 0.608. The summed E-state index contributed by atoms with van der Waals surface area (Å²) in [5, 5.41) is 11.8. The predicted molar refractivity (Wildman–Crippen MR) is 81.8 cm³/mol. The van der Waals surface area contributed by atoms with Crippen LogP contribution in [0.25, 0.3) is 0 Å². The van der Waals surface area contributed by atoms with Gasteiger partial charge in [-0.1, -0.05) is 11.3 Å². The fourth-order valence-electron chi connectivity index (χ4n) is 2.13. The molecule has 1 aliphatic rings. The first-order chi connectivity index (χ1) is 10.1. The van der Waals surface area contributed by atoms with Crippen LogP contribution in [0.4, 0.5) is 16.5 Å². The highest BCUT2D eigenvalue weighted by atomic mass is 32.1. The number of nitrogen functional groups attached to an aromatic ring is 1. The van der Waals surface area contributed by atoms with Gasteiger partial charge in [0, 0.05) is 5.69 Å². The van der Waals surface area contributed by atoms with E-state index in [2.05, 4.69) is 15.5 Å². The number of aromatic nitrogens is 2. The van der Waals surface area contributed by atoms with Crippen molar-refractivity contribution in [2.45, 2.75) is 6.92 Å². The lowest BCUT2D eigenvalue weighted by Gasteiger charge is -2.30. The van der Waals surface area contributed by atoms with Crippen LogP contribution < -0.4 is 20.7 Å². The molecule has 0 atom stereocenters. The Balaban J connectivity index is 1.71. The average molecular weight is 305 g/mol. The molecule has 8 heteroatoms. The molecule has 0 radical (unpaired) electrons. The molecule has 0 saturated heterocycles. The van der Waals surface area contributed by atoms with Crippen LogP contribution in [0.2, 0.25) is 0 Å². The number of nitrogens with two attached hydrogens (primary N) is 1. The number of rotatable bonds is 3. The second kappa shape index (κ2) is 5.57. The normalized spacial score (nSPS) is 13.5. The Bertz CT molecular complexity index is 672. The first-order valence-electron chi connectivity index (χ1n) is 6.49. The van der Waals surface area contributed by atoms with Gasteiger partial charge in [0.05, 0.1) is 18.8 Å². The molecule has 1 aromatic heterocycles. The van der Waals surface area contributed by atoms with Crippen LogP contribution >= 0.6 is 11.3 Å². The fraction of sp³-hybridized carbons (Fsp3) is 0.308. The number of benzene rings is 1. The third-order valence-electron chi connectivity index (χ3n) is 3.05. The smallest absolute Gasteiger partial charge is 0.245 e. The molecule has 1 amide bonds. The second-order valence-electron chi connectivity index (χ2n) is 4.67. The Morgan fingerprint density at radius 2 is 2.38 bits per heavy atom. The van der Waals surface area contributed by atoms with Gasteiger partial charge in [0.25, 0.3) is 0 Å². The molecule has 3 N–H and O–H groups in total. The number of anilines is 3. The van der Waals surface area contributed by atoms with E-state index in [-0.39, 0.29) is 12.5 Å². The molecule has 7 nitrogen and oxygen atoms in total. The summed E-state index contributed by atoms with van der Waals surface area (Å²) in [4.78, 5) is 14.0. The van der Waals surface area contributed by atoms with Crippen molar-refractivity contribution in [2.24, 2.45) is 0 Å². The molecule has 0 bridgehead atoms. The number of ether oxygens (including phenoxy) is 1. The lowest BCUT2D eigenvalue weighted by Crippen LogP contribution is -2.38. The fourth-order valence-corrected chi connectivity index (χ4v) is 2.74. The topological polar surface area (TPSA) is 93.4 Å². The maximum Gasteiger partial charge on any atom is 0.245 e. The third kappa shape index (κ3) is 3.05. The zero-order valence-electron chi connectivity index (χ0n) is 11.5. The summed E-state index contributed by atoms with van der Waals surface area (Å²) in [6.45, 7) is 3.24. The quantitative estimate of drug-likeness (QED) is 0.829. The van der Waals surface area contributed by atoms with Crippen molar-refractivity contribution in [2.75, 3.05) is 35.6 Å². The van der Waals surface area contributed by atoms with Crippen molar-refractivity contribution >= 4 is 33.8 Å². The van der Waals surface area contributed by atoms with Gasteiger partial charge in [-0.05, 0) is 25.1 Å². The van der Waals surface area contributed by atoms with Gasteiger partial charge in [-0.25, -0.2) is 0 Å². The van der Waals surface area contributed by atoms with Crippen LogP contribution in [0.15, 0.2) is 18.2 Å². The molecule has 0 aliphatic carbocycles. The zero-order valence-corrected chi connectivity index (χ0v) is 12.3. The maximum absolute atomic E-state index is 12.1. The molecule has 21 heavy (non-hydrogen) atoms. The van der Waals surface area contributed by atoms with Crippen molar-refractivity contribution in [3.63, 3.8) is 0 Å². The minimum atomic E-state index is -0.138. The van der Waals surface area contributed by atoms with E-state index in [9.17, 15) is 4.79 Å². The molecule has 0 unspecified atom stereocenters. The number of carbonyl (C=O) groups is 1. The third-order valence-corrected chi connectivity index (χ3v) is 3.80. The Morgan fingerprint density at radius 1 is 1.52 bits per heavy atom. The molecule has 1 aromatic carbocycles.